The van der Waals surface area contributed by atoms with Crippen LogP contribution < -0.4 is 9.47 Å². The Morgan fingerprint density at radius 3 is 2.77 bits per heavy atom. The van der Waals surface area contributed by atoms with Crippen LogP contribution >= 0.6 is 0 Å². The van der Waals surface area contributed by atoms with Gasteiger partial charge in [-0.1, -0.05) is 12.1 Å². The molecule has 8 heteroatoms. The summed E-state index contributed by atoms with van der Waals surface area (Å²) in [5.74, 6) is 1.54. The van der Waals surface area contributed by atoms with Crippen LogP contribution in [0.25, 0.3) is 0 Å². The molecule has 0 N–H and O–H groups in total. The smallest absolute Gasteiger partial charge is 0.247 e. The van der Waals surface area contributed by atoms with Crippen molar-refractivity contribution >= 4 is 10.0 Å². The molecule has 0 saturated carbocycles. The van der Waals surface area contributed by atoms with Gasteiger partial charge >= 0.3 is 0 Å². The van der Waals surface area contributed by atoms with Gasteiger partial charge in [-0.2, -0.15) is 4.31 Å². The monoisotopic (exact) mass is 380 g/mol. The van der Waals surface area contributed by atoms with Crippen LogP contribution in [-0.2, 0) is 16.4 Å². The Kier molecular flexibility index (Phi) is 5.52. The highest BCUT2D eigenvalue weighted by Gasteiger charge is 2.39. The van der Waals surface area contributed by atoms with Gasteiger partial charge in [0.25, 0.3) is 0 Å². The molecule has 1 aromatic heterocycles. The SMILES string of the molecule is CCCc1cc([C@@H]2CCCN2S(=O)(=O)c2cc(OC)ccc2OC)no1. The first kappa shape index (κ1) is 18.7. The summed E-state index contributed by atoms with van der Waals surface area (Å²) in [6.07, 6.45) is 3.22. The molecule has 0 radical (unpaired) electrons. The quantitative estimate of drug-likeness (QED) is 0.734. The summed E-state index contributed by atoms with van der Waals surface area (Å²) >= 11 is 0. The second kappa shape index (κ2) is 7.67. The summed E-state index contributed by atoms with van der Waals surface area (Å²) in [5.41, 5.74) is 0.663. The number of benzene rings is 1. The highest BCUT2D eigenvalue weighted by molar-refractivity contribution is 7.89. The molecule has 7 nitrogen and oxygen atoms in total. The molecule has 3 rings (SSSR count). The Labute approximate surface area is 153 Å². The molecule has 2 aromatic rings. The molecule has 0 amide bonds. The second-order valence-electron chi connectivity index (χ2n) is 6.26. The number of aromatic nitrogens is 1. The van der Waals surface area contributed by atoms with Crippen molar-refractivity contribution < 1.29 is 22.4 Å². The molecular formula is C18H24N2O5S. The highest BCUT2D eigenvalue weighted by atomic mass is 32.2. The zero-order valence-electron chi connectivity index (χ0n) is 15.3. The van der Waals surface area contributed by atoms with E-state index in [0.717, 1.165) is 25.0 Å². The Morgan fingerprint density at radius 1 is 1.27 bits per heavy atom. The van der Waals surface area contributed by atoms with Crippen molar-refractivity contribution in [2.75, 3.05) is 20.8 Å². The third-order valence-corrected chi connectivity index (χ3v) is 6.51. The van der Waals surface area contributed by atoms with Gasteiger partial charge in [-0.05, 0) is 31.4 Å². The maximum Gasteiger partial charge on any atom is 0.247 e. The maximum absolute atomic E-state index is 13.3. The summed E-state index contributed by atoms with van der Waals surface area (Å²) in [6, 6.07) is 6.31. The lowest BCUT2D eigenvalue weighted by Crippen LogP contribution is -2.31. The van der Waals surface area contributed by atoms with Crippen molar-refractivity contribution in [3.05, 3.63) is 35.7 Å². The summed E-state index contributed by atoms with van der Waals surface area (Å²) in [4.78, 5) is 0.100. The lowest BCUT2D eigenvalue weighted by atomic mass is 10.1. The van der Waals surface area contributed by atoms with Gasteiger partial charge < -0.3 is 14.0 Å². The van der Waals surface area contributed by atoms with E-state index in [2.05, 4.69) is 12.1 Å². The van der Waals surface area contributed by atoms with E-state index in [4.69, 9.17) is 14.0 Å². The predicted molar refractivity (Wildman–Crippen MR) is 95.9 cm³/mol. The third-order valence-electron chi connectivity index (χ3n) is 4.58. The Balaban J connectivity index is 1.97. The molecule has 1 saturated heterocycles. The van der Waals surface area contributed by atoms with Crippen LogP contribution in [0.4, 0.5) is 0 Å². The van der Waals surface area contributed by atoms with Gasteiger partial charge in [0.15, 0.2) is 0 Å². The van der Waals surface area contributed by atoms with E-state index in [9.17, 15) is 8.42 Å². The number of ether oxygens (including phenoxy) is 2. The Morgan fingerprint density at radius 2 is 2.08 bits per heavy atom. The lowest BCUT2D eigenvalue weighted by molar-refractivity contribution is 0.341. The average Bonchev–Trinajstić information content (AvgIpc) is 3.30. The number of aryl methyl sites for hydroxylation is 1. The number of hydrogen-bond donors (Lipinski definition) is 0. The van der Waals surface area contributed by atoms with E-state index < -0.39 is 10.0 Å². The molecule has 1 aliphatic rings. The van der Waals surface area contributed by atoms with E-state index in [1.54, 1.807) is 12.1 Å². The molecule has 0 bridgehead atoms. The first-order chi connectivity index (χ1) is 12.5. The fraction of sp³-hybridized carbons (Fsp3) is 0.500. The van der Waals surface area contributed by atoms with Crippen LogP contribution in [0.1, 0.15) is 43.7 Å². The van der Waals surface area contributed by atoms with Gasteiger partial charge in [0.2, 0.25) is 10.0 Å². The number of sulfonamides is 1. The van der Waals surface area contributed by atoms with Crippen molar-refractivity contribution in [2.24, 2.45) is 0 Å². The van der Waals surface area contributed by atoms with Gasteiger partial charge in [0.05, 0.1) is 20.3 Å². The van der Waals surface area contributed by atoms with Gasteiger partial charge in [-0.15, -0.1) is 0 Å². The third kappa shape index (κ3) is 3.43. The molecule has 1 aromatic carbocycles. The van der Waals surface area contributed by atoms with Crippen LogP contribution in [0.3, 0.4) is 0 Å². The van der Waals surface area contributed by atoms with Crippen LogP contribution in [0.5, 0.6) is 11.5 Å². The van der Waals surface area contributed by atoms with E-state index in [1.165, 1.54) is 24.6 Å². The number of nitrogens with zero attached hydrogens (tertiary/aromatic N) is 2. The van der Waals surface area contributed by atoms with E-state index in [-0.39, 0.29) is 10.9 Å². The van der Waals surface area contributed by atoms with Crippen molar-refractivity contribution in [1.29, 1.82) is 0 Å². The van der Waals surface area contributed by atoms with Gasteiger partial charge in [0.1, 0.15) is 27.8 Å². The standard InChI is InChI=1S/C18H24N2O5S/c1-4-6-14-11-15(19-25-14)16-7-5-10-20(16)26(21,22)18-12-13(23-2)8-9-17(18)24-3/h8-9,11-12,16H,4-7,10H2,1-3H3/t16-/m0/s1. The fourth-order valence-corrected chi connectivity index (χ4v) is 5.13. The maximum atomic E-state index is 13.3. The highest BCUT2D eigenvalue weighted by Crippen LogP contribution is 2.39. The van der Waals surface area contributed by atoms with Gasteiger partial charge in [-0.3, -0.25) is 0 Å². The topological polar surface area (TPSA) is 81.9 Å². The average molecular weight is 380 g/mol. The fourth-order valence-electron chi connectivity index (χ4n) is 3.29. The summed E-state index contributed by atoms with van der Waals surface area (Å²) < 4.78 is 44.0. The molecule has 1 atom stereocenters. The number of hydrogen-bond acceptors (Lipinski definition) is 6. The first-order valence-electron chi connectivity index (χ1n) is 8.70. The van der Waals surface area contributed by atoms with Crippen molar-refractivity contribution in [1.82, 2.24) is 9.46 Å². The molecule has 1 fully saturated rings. The summed E-state index contributed by atoms with van der Waals surface area (Å²) in [7, 11) is -0.811. The molecular weight excluding hydrogens is 356 g/mol. The summed E-state index contributed by atoms with van der Waals surface area (Å²) in [5, 5.41) is 4.11. The molecule has 26 heavy (non-hydrogen) atoms. The molecule has 0 unspecified atom stereocenters. The van der Waals surface area contributed by atoms with Crippen LogP contribution in [-0.4, -0.2) is 38.6 Å². The number of rotatable bonds is 7. The molecule has 2 heterocycles. The second-order valence-corrected chi connectivity index (χ2v) is 8.12. The van der Waals surface area contributed by atoms with E-state index in [1.807, 2.05) is 6.07 Å². The molecule has 0 spiro atoms. The minimum atomic E-state index is -3.77. The molecule has 0 aliphatic carbocycles. The Hall–Kier alpha value is -2.06. The number of methoxy groups -OCH3 is 2. The lowest BCUT2D eigenvalue weighted by Gasteiger charge is -2.23. The minimum absolute atomic E-state index is 0.100. The van der Waals surface area contributed by atoms with E-state index in [0.29, 0.717) is 30.2 Å². The van der Waals surface area contributed by atoms with E-state index >= 15 is 0 Å². The largest absolute Gasteiger partial charge is 0.497 e. The van der Waals surface area contributed by atoms with Crippen molar-refractivity contribution in [3.8, 4) is 11.5 Å². The normalized spacial score (nSPS) is 18.2. The van der Waals surface area contributed by atoms with Crippen LogP contribution in [0.2, 0.25) is 0 Å². The van der Waals surface area contributed by atoms with Crippen LogP contribution in [0, 0.1) is 0 Å². The van der Waals surface area contributed by atoms with Gasteiger partial charge in [0, 0.05) is 25.1 Å². The summed E-state index contributed by atoms with van der Waals surface area (Å²) in [6.45, 7) is 2.49. The zero-order valence-corrected chi connectivity index (χ0v) is 16.1. The molecule has 1 aliphatic heterocycles. The predicted octanol–water partition coefficient (Wildman–Crippen LogP) is 3.17. The van der Waals surface area contributed by atoms with Crippen molar-refractivity contribution in [2.45, 2.75) is 43.5 Å². The Bertz CT molecular complexity index is 862. The first-order valence-corrected chi connectivity index (χ1v) is 10.1. The van der Waals surface area contributed by atoms with Gasteiger partial charge in [-0.25, -0.2) is 8.42 Å². The van der Waals surface area contributed by atoms with Crippen molar-refractivity contribution in [3.63, 3.8) is 0 Å². The minimum Gasteiger partial charge on any atom is -0.497 e. The van der Waals surface area contributed by atoms with Crippen LogP contribution in [0.15, 0.2) is 33.7 Å². The molecule has 142 valence electrons. The zero-order chi connectivity index (χ0) is 18.7.